The summed E-state index contributed by atoms with van der Waals surface area (Å²) in [6, 6.07) is 8.63. The molecule has 0 saturated carbocycles. The number of carbonyl (C=O) groups excluding carboxylic acids is 2. The molecule has 9 heteroatoms. The van der Waals surface area contributed by atoms with E-state index in [2.05, 4.69) is 16.0 Å². The van der Waals surface area contributed by atoms with Gasteiger partial charge in [-0.2, -0.15) is 0 Å². The molecular weight excluding hydrogens is 434 g/mol. The lowest BCUT2D eigenvalue weighted by atomic mass is 10.0. The normalized spacial score (nSPS) is 11.6. The molecule has 0 heterocycles. The zero-order chi connectivity index (χ0) is 23.8. The number of aliphatic carboxylic acids is 1. The lowest BCUT2D eigenvalue weighted by Gasteiger charge is -2.19. The van der Waals surface area contributed by atoms with E-state index in [4.69, 9.17) is 16.3 Å². The maximum atomic E-state index is 12.8. The predicted molar refractivity (Wildman–Crippen MR) is 122 cm³/mol. The third-order valence-electron chi connectivity index (χ3n) is 4.57. The zero-order valence-corrected chi connectivity index (χ0v) is 19.2. The van der Waals surface area contributed by atoms with Crippen LogP contribution in [0, 0.1) is 13.8 Å². The molecule has 0 radical (unpaired) electrons. The molecule has 0 aliphatic carbocycles. The molecule has 0 saturated heterocycles. The van der Waals surface area contributed by atoms with E-state index in [0.717, 1.165) is 5.56 Å². The van der Waals surface area contributed by atoms with Crippen molar-refractivity contribution in [3.8, 4) is 5.75 Å². The Morgan fingerprint density at radius 3 is 2.25 bits per heavy atom. The molecule has 0 spiro atoms. The van der Waals surface area contributed by atoms with Gasteiger partial charge in [0.1, 0.15) is 11.8 Å². The number of amides is 3. The fourth-order valence-corrected chi connectivity index (χ4v) is 3.33. The van der Waals surface area contributed by atoms with Crippen molar-refractivity contribution >= 4 is 29.5 Å². The van der Waals surface area contributed by atoms with Crippen LogP contribution in [0.5, 0.6) is 5.75 Å². The first-order valence-electron chi connectivity index (χ1n) is 10.1. The number of benzene rings is 2. The third kappa shape index (κ3) is 7.16. The van der Waals surface area contributed by atoms with Crippen LogP contribution in [-0.2, 0) is 11.3 Å². The molecule has 2 aromatic rings. The van der Waals surface area contributed by atoms with E-state index in [0.29, 0.717) is 27.5 Å². The zero-order valence-electron chi connectivity index (χ0n) is 18.5. The smallest absolute Gasteiger partial charge is 0.328 e. The first-order chi connectivity index (χ1) is 15.1. The number of carboxylic acid groups (broad SMARTS) is 1. The number of ether oxygens (including phenoxy) is 1. The molecule has 8 nitrogen and oxygen atoms in total. The van der Waals surface area contributed by atoms with Crippen LogP contribution in [0.25, 0.3) is 0 Å². The lowest BCUT2D eigenvalue weighted by molar-refractivity contribution is -0.139. The fourth-order valence-electron chi connectivity index (χ4n) is 3.13. The van der Waals surface area contributed by atoms with E-state index in [-0.39, 0.29) is 19.2 Å². The number of carbonyl (C=O) groups is 3. The number of urea groups is 1. The maximum Gasteiger partial charge on any atom is 0.328 e. The van der Waals surface area contributed by atoms with Crippen molar-refractivity contribution in [3.05, 3.63) is 63.7 Å². The van der Waals surface area contributed by atoms with Gasteiger partial charge in [-0.3, -0.25) is 4.79 Å². The SMILES string of the molecule is Cc1cc(OC(C)C)cc(C)c1C(=O)N[C@@H](CNC(=O)NCc1ccccc1Cl)C(=O)O. The van der Waals surface area contributed by atoms with Gasteiger partial charge in [0.2, 0.25) is 0 Å². The number of aryl methyl sites for hydroxylation is 2. The van der Waals surface area contributed by atoms with Crippen molar-refractivity contribution in [1.82, 2.24) is 16.0 Å². The second-order valence-corrected chi connectivity index (χ2v) is 8.03. The molecule has 172 valence electrons. The molecule has 0 aliphatic heterocycles. The lowest BCUT2D eigenvalue weighted by Crippen LogP contribution is -2.50. The van der Waals surface area contributed by atoms with Crippen LogP contribution >= 0.6 is 11.6 Å². The number of carboxylic acids is 1. The molecule has 4 N–H and O–H groups in total. The molecule has 0 unspecified atom stereocenters. The van der Waals surface area contributed by atoms with Crippen LogP contribution in [-0.4, -0.2) is 41.7 Å². The standard InChI is InChI=1S/C23H28ClN3O5/c1-13(2)32-17-9-14(3)20(15(4)10-17)21(28)27-19(22(29)30)12-26-23(31)25-11-16-7-5-6-8-18(16)24/h5-10,13,19H,11-12H2,1-4H3,(H,27,28)(H,29,30)(H2,25,26,31)/t19-/m0/s1. The number of hydrogen-bond donors (Lipinski definition) is 4. The Hall–Kier alpha value is -3.26. The molecule has 0 aromatic heterocycles. The van der Waals surface area contributed by atoms with Crippen molar-refractivity contribution in [2.45, 2.75) is 46.4 Å². The summed E-state index contributed by atoms with van der Waals surface area (Å²) in [6.07, 6.45) is -0.0139. The molecule has 0 aliphatic rings. The molecule has 0 fully saturated rings. The molecule has 0 bridgehead atoms. The Bertz CT molecular complexity index is 970. The summed E-state index contributed by atoms with van der Waals surface area (Å²) in [7, 11) is 0. The van der Waals surface area contributed by atoms with Crippen LogP contribution in [0.1, 0.15) is 40.9 Å². The fraction of sp³-hybridized carbons (Fsp3) is 0.348. The minimum absolute atomic E-state index is 0.0139. The minimum atomic E-state index is -1.31. The van der Waals surface area contributed by atoms with Gasteiger partial charge in [-0.1, -0.05) is 29.8 Å². The molecule has 32 heavy (non-hydrogen) atoms. The van der Waals surface area contributed by atoms with Gasteiger partial charge >= 0.3 is 12.0 Å². The summed E-state index contributed by atoms with van der Waals surface area (Å²) in [5, 5.41) is 17.5. The van der Waals surface area contributed by atoms with E-state index in [1.165, 1.54) is 0 Å². The Morgan fingerprint density at radius 1 is 1.06 bits per heavy atom. The first kappa shape index (κ1) is 25.0. The summed E-state index contributed by atoms with van der Waals surface area (Å²) in [5.41, 5.74) is 2.42. The van der Waals surface area contributed by atoms with Gasteiger partial charge in [-0.25, -0.2) is 9.59 Å². The number of nitrogens with one attached hydrogen (secondary N) is 3. The quantitative estimate of drug-likeness (QED) is 0.456. The van der Waals surface area contributed by atoms with E-state index in [1.54, 1.807) is 50.2 Å². The maximum absolute atomic E-state index is 12.8. The summed E-state index contributed by atoms with van der Waals surface area (Å²) in [5.74, 6) is -1.17. The molecule has 3 amide bonds. The molecule has 2 rings (SSSR count). The van der Waals surface area contributed by atoms with Crippen LogP contribution in [0.2, 0.25) is 5.02 Å². The highest BCUT2D eigenvalue weighted by atomic mass is 35.5. The highest BCUT2D eigenvalue weighted by molar-refractivity contribution is 6.31. The predicted octanol–water partition coefficient (Wildman–Crippen LogP) is 3.43. The minimum Gasteiger partial charge on any atom is -0.491 e. The number of halogens is 1. The number of hydrogen-bond acceptors (Lipinski definition) is 4. The molecule has 2 aromatic carbocycles. The Balaban J connectivity index is 1.98. The number of rotatable bonds is 9. The van der Waals surface area contributed by atoms with Crippen LogP contribution in [0.15, 0.2) is 36.4 Å². The van der Waals surface area contributed by atoms with Gasteiger partial charge in [0.15, 0.2) is 0 Å². The third-order valence-corrected chi connectivity index (χ3v) is 4.94. The van der Waals surface area contributed by atoms with Crippen LogP contribution in [0.3, 0.4) is 0 Å². The summed E-state index contributed by atoms with van der Waals surface area (Å²) in [6.45, 7) is 7.21. The van der Waals surface area contributed by atoms with Crippen LogP contribution in [0.4, 0.5) is 4.79 Å². The largest absolute Gasteiger partial charge is 0.491 e. The highest BCUT2D eigenvalue weighted by Gasteiger charge is 2.23. The van der Waals surface area contributed by atoms with E-state index < -0.39 is 23.9 Å². The Morgan fingerprint density at radius 2 is 1.69 bits per heavy atom. The average Bonchev–Trinajstić information content (AvgIpc) is 2.69. The Labute approximate surface area is 192 Å². The van der Waals surface area contributed by atoms with Gasteiger partial charge in [-0.15, -0.1) is 0 Å². The second-order valence-electron chi connectivity index (χ2n) is 7.62. The average molecular weight is 462 g/mol. The first-order valence-corrected chi connectivity index (χ1v) is 10.5. The monoisotopic (exact) mass is 461 g/mol. The summed E-state index contributed by atoms with van der Waals surface area (Å²) < 4.78 is 5.67. The summed E-state index contributed by atoms with van der Waals surface area (Å²) in [4.78, 5) is 36.5. The van der Waals surface area contributed by atoms with Crippen molar-refractivity contribution in [3.63, 3.8) is 0 Å². The van der Waals surface area contributed by atoms with Gasteiger partial charge < -0.3 is 25.8 Å². The van der Waals surface area contributed by atoms with E-state index in [1.807, 2.05) is 13.8 Å². The topological polar surface area (TPSA) is 117 Å². The van der Waals surface area contributed by atoms with Crippen molar-refractivity contribution in [2.75, 3.05) is 6.54 Å². The highest BCUT2D eigenvalue weighted by Crippen LogP contribution is 2.23. The second kappa shape index (κ2) is 11.4. The van der Waals surface area contributed by atoms with Crippen molar-refractivity contribution < 1.29 is 24.2 Å². The summed E-state index contributed by atoms with van der Waals surface area (Å²) >= 11 is 6.05. The van der Waals surface area contributed by atoms with Gasteiger partial charge in [-0.05, 0) is 62.6 Å². The van der Waals surface area contributed by atoms with Crippen molar-refractivity contribution in [2.24, 2.45) is 0 Å². The molecular formula is C23H28ClN3O5. The van der Waals surface area contributed by atoms with Crippen LogP contribution < -0.4 is 20.7 Å². The van der Waals surface area contributed by atoms with Gasteiger partial charge in [0, 0.05) is 17.1 Å². The molecule has 1 atom stereocenters. The van der Waals surface area contributed by atoms with Gasteiger partial charge in [0.05, 0.1) is 12.6 Å². The van der Waals surface area contributed by atoms with E-state index >= 15 is 0 Å². The van der Waals surface area contributed by atoms with Crippen molar-refractivity contribution in [1.29, 1.82) is 0 Å². The Kier molecular flexibility index (Phi) is 8.90. The van der Waals surface area contributed by atoms with Gasteiger partial charge in [0.25, 0.3) is 5.91 Å². The van der Waals surface area contributed by atoms with E-state index in [9.17, 15) is 19.5 Å².